The monoisotopic (exact) mass is 259 g/mol. The van der Waals surface area contributed by atoms with Crippen LogP contribution in [0.1, 0.15) is 27.9 Å². The first-order chi connectivity index (χ1) is 9.85. The number of rotatable bonds is 0. The Hall–Kier alpha value is -2.62. The van der Waals surface area contributed by atoms with Gasteiger partial charge >= 0.3 is 0 Å². The van der Waals surface area contributed by atoms with Crippen molar-refractivity contribution in [2.24, 2.45) is 0 Å². The first-order valence-electron chi connectivity index (χ1n) is 6.56. The van der Waals surface area contributed by atoms with Gasteiger partial charge in [-0.2, -0.15) is 5.26 Å². The third-order valence-electron chi connectivity index (χ3n) is 3.26. The van der Waals surface area contributed by atoms with Crippen molar-refractivity contribution >= 4 is 0 Å². The van der Waals surface area contributed by atoms with Crippen molar-refractivity contribution in [2.45, 2.75) is 13.0 Å². The highest BCUT2D eigenvalue weighted by atomic mass is 14.9. The van der Waals surface area contributed by atoms with E-state index in [1.54, 1.807) is 12.1 Å². The number of aromatic nitrogens is 1. The molecule has 3 nitrogen and oxygen atoms in total. The molecule has 0 amide bonds. The fourth-order valence-electron chi connectivity index (χ4n) is 2.23. The molecule has 0 spiro atoms. The number of nitriles is 1. The fourth-order valence-corrected chi connectivity index (χ4v) is 2.23. The lowest BCUT2D eigenvalue weighted by Gasteiger charge is -2.15. The van der Waals surface area contributed by atoms with Crippen molar-refractivity contribution in [1.29, 1.82) is 5.26 Å². The van der Waals surface area contributed by atoms with Gasteiger partial charge in [0.1, 0.15) is 0 Å². The van der Waals surface area contributed by atoms with Gasteiger partial charge in [0.2, 0.25) is 0 Å². The second-order valence-electron chi connectivity index (χ2n) is 4.70. The molecule has 0 unspecified atom stereocenters. The maximum Gasteiger partial charge on any atom is 0.0992 e. The van der Waals surface area contributed by atoms with E-state index in [4.69, 9.17) is 5.26 Å². The number of nitrogens with zero attached hydrogens (tertiary/aromatic N) is 2. The lowest BCUT2D eigenvalue weighted by molar-refractivity contribution is 0.630. The number of hydrogen-bond donors (Lipinski definition) is 1. The predicted molar refractivity (Wildman–Crippen MR) is 76.8 cm³/mol. The molecule has 1 aromatic carbocycles. The van der Waals surface area contributed by atoms with Crippen molar-refractivity contribution in [1.82, 2.24) is 10.3 Å². The number of nitrogens with one attached hydrogen (secondary N) is 1. The van der Waals surface area contributed by atoms with Crippen LogP contribution in [0.2, 0.25) is 0 Å². The van der Waals surface area contributed by atoms with E-state index >= 15 is 0 Å². The van der Waals surface area contributed by atoms with Gasteiger partial charge in [0.25, 0.3) is 0 Å². The summed E-state index contributed by atoms with van der Waals surface area (Å²) in [4.78, 5) is 4.47. The van der Waals surface area contributed by atoms with Crippen LogP contribution in [0.15, 0.2) is 36.5 Å². The maximum atomic E-state index is 8.86. The van der Waals surface area contributed by atoms with E-state index in [-0.39, 0.29) is 0 Å². The summed E-state index contributed by atoms with van der Waals surface area (Å²) in [5, 5.41) is 12.2. The second-order valence-corrected chi connectivity index (χ2v) is 4.70. The second kappa shape index (κ2) is 5.57. The Bertz CT molecular complexity index is 745. The summed E-state index contributed by atoms with van der Waals surface area (Å²) in [5.74, 6) is 6.19. The normalized spacial score (nSPS) is 12.8. The molecule has 20 heavy (non-hydrogen) atoms. The fraction of sp³-hybridized carbons (Fsp3) is 0.176. The van der Waals surface area contributed by atoms with Crippen LogP contribution in [-0.2, 0) is 13.0 Å². The Labute approximate surface area is 118 Å². The van der Waals surface area contributed by atoms with Crippen molar-refractivity contribution in [3.63, 3.8) is 0 Å². The Morgan fingerprint density at radius 2 is 1.95 bits per heavy atom. The average Bonchev–Trinajstić information content (AvgIpc) is 2.53. The van der Waals surface area contributed by atoms with E-state index in [1.807, 2.05) is 18.3 Å². The lowest BCUT2D eigenvalue weighted by atomic mass is 10.1. The molecule has 1 N–H and O–H groups in total. The minimum atomic E-state index is 0.629. The largest absolute Gasteiger partial charge is 0.312 e. The molecule has 0 atom stereocenters. The molecule has 3 heteroatoms. The van der Waals surface area contributed by atoms with Gasteiger partial charge in [0.05, 0.1) is 11.6 Å². The molecule has 0 saturated carbocycles. The maximum absolute atomic E-state index is 8.86. The summed E-state index contributed by atoms with van der Waals surface area (Å²) in [6.07, 6.45) is 2.80. The van der Waals surface area contributed by atoms with Gasteiger partial charge in [-0.1, -0.05) is 17.9 Å². The highest BCUT2D eigenvalue weighted by Crippen LogP contribution is 2.12. The Balaban J connectivity index is 1.88. The van der Waals surface area contributed by atoms with Gasteiger partial charge < -0.3 is 5.32 Å². The molecule has 0 saturated heterocycles. The van der Waals surface area contributed by atoms with Crippen molar-refractivity contribution in [3.05, 3.63) is 64.5 Å². The van der Waals surface area contributed by atoms with E-state index in [0.717, 1.165) is 30.6 Å². The molecule has 0 bridgehead atoms. The van der Waals surface area contributed by atoms with Gasteiger partial charge in [-0.05, 0) is 29.8 Å². The van der Waals surface area contributed by atoms with Crippen LogP contribution in [0.5, 0.6) is 0 Å². The minimum Gasteiger partial charge on any atom is -0.312 e. The van der Waals surface area contributed by atoms with Crippen LogP contribution >= 0.6 is 0 Å². The highest BCUT2D eigenvalue weighted by molar-refractivity contribution is 5.46. The van der Waals surface area contributed by atoms with Gasteiger partial charge in [-0.15, -0.1) is 0 Å². The average molecular weight is 259 g/mol. The van der Waals surface area contributed by atoms with E-state index in [0.29, 0.717) is 5.56 Å². The lowest BCUT2D eigenvalue weighted by Crippen LogP contribution is -2.24. The van der Waals surface area contributed by atoms with E-state index in [9.17, 15) is 0 Å². The summed E-state index contributed by atoms with van der Waals surface area (Å²) in [6.45, 7) is 1.85. The van der Waals surface area contributed by atoms with Crippen LogP contribution in [0.25, 0.3) is 0 Å². The number of pyridine rings is 1. The molecule has 3 rings (SSSR count). The van der Waals surface area contributed by atoms with E-state index in [2.05, 4.69) is 34.3 Å². The highest BCUT2D eigenvalue weighted by Gasteiger charge is 2.09. The summed E-state index contributed by atoms with van der Waals surface area (Å²) in [5.41, 5.74) is 4.79. The summed E-state index contributed by atoms with van der Waals surface area (Å²) < 4.78 is 0. The minimum absolute atomic E-state index is 0.629. The molecule has 0 fully saturated rings. The Morgan fingerprint density at radius 3 is 2.85 bits per heavy atom. The van der Waals surface area contributed by atoms with Gasteiger partial charge in [0.15, 0.2) is 0 Å². The topological polar surface area (TPSA) is 48.7 Å². The van der Waals surface area contributed by atoms with Crippen molar-refractivity contribution in [3.8, 4) is 17.9 Å². The van der Waals surface area contributed by atoms with E-state index < -0.39 is 0 Å². The SMILES string of the molecule is N#Cc1cccc(C#Cc2cnc3c(c2)CNCC3)c1. The summed E-state index contributed by atoms with van der Waals surface area (Å²) in [7, 11) is 0. The predicted octanol–water partition coefficient (Wildman–Crippen LogP) is 2.00. The van der Waals surface area contributed by atoms with Crippen LogP contribution in [0, 0.1) is 23.2 Å². The molecule has 1 aliphatic rings. The molecular weight excluding hydrogens is 246 g/mol. The van der Waals surface area contributed by atoms with E-state index in [1.165, 1.54) is 11.3 Å². The smallest absolute Gasteiger partial charge is 0.0992 e. The van der Waals surface area contributed by atoms with Gasteiger partial charge in [0, 0.05) is 42.5 Å². The number of fused-ring (bicyclic) bond motifs is 1. The molecular formula is C17H13N3. The molecule has 0 radical (unpaired) electrons. The molecule has 0 aliphatic carbocycles. The zero-order chi connectivity index (χ0) is 13.8. The van der Waals surface area contributed by atoms with Crippen molar-refractivity contribution in [2.75, 3.05) is 6.54 Å². The van der Waals surface area contributed by atoms with Gasteiger partial charge in [-0.3, -0.25) is 4.98 Å². The standard InChI is InChI=1S/C17H13N3/c18-10-14-3-1-2-13(8-14)4-5-15-9-16-12-19-7-6-17(16)20-11-15/h1-3,8-9,11,19H,6-7,12H2. The zero-order valence-corrected chi connectivity index (χ0v) is 11.0. The molecule has 1 aromatic heterocycles. The molecule has 96 valence electrons. The Morgan fingerprint density at radius 1 is 1.10 bits per heavy atom. The molecule has 1 aliphatic heterocycles. The quantitative estimate of drug-likeness (QED) is 0.736. The number of benzene rings is 1. The summed E-state index contributed by atoms with van der Waals surface area (Å²) in [6, 6.07) is 11.5. The third-order valence-corrected chi connectivity index (χ3v) is 3.26. The van der Waals surface area contributed by atoms with Crippen LogP contribution in [-0.4, -0.2) is 11.5 Å². The van der Waals surface area contributed by atoms with Crippen LogP contribution < -0.4 is 5.32 Å². The van der Waals surface area contributed by atoms with Crippen LogP contribution in [0.4, 0.5) is 0 Å². The first-order valence-corrected chi connectivity index (χ1v) is 6.56. The van der Waals surface area contributed by atoms with Crippen LogP contribution in [0.3, 0.4) is 0 Å². The first kappa shape index (κ1) is 12.4. The Kier molecular flexibility index (Phi) is 3.46. The van der Waals surface area contributed by atoms with Gasteiger partial charge in [-0.25, -0.2) is 0 Å². The number of hydrogen-bond acceptors (Lipinski definition) is 3. The third kappa shape index (κ3) is 2.69. The summed E-state index contributed by atoms with van der Waals surface area (Å²) >= 11 is 0. The molecule has 2 aromatic rings. The molecule has 2 heterocycles. The van der Waals surface area contributed by atoms with Crippen molar-refractivity contribution < 1.29 is 0 Å². The zero-order valence-electron chi connectivity index (χ0n) is 11.0.